The fourth-order valence-corrected chi connectivity index (χ4v) is 3.74. The molecule has 4 rings (SSSR count). The summed E-state index contributed by atoms with van der Waals surface area (Å²) in [5.74, 6) is 1.89. The van der Waals surface area contributed by atoms with Gasteiger partial charge in [0.25, 0.3) is 0 Å². The summed E-state index contributed by atoms with van der Waals surface area (Å²) in [6.45, 7) is 8.62. The van der Waals surface area contributed by atoms with Gasteiger partial charge in [-0.15, -0.1) is 0 Å². The van der Waals surface area contributed by atoms with Crippen LogP contribution in [0.4, 0.5) is 11.8 Å². The van der Waals surface area contributed by atoms with Gasteiger partial charge in [-0.25, -0.2) is 4.98 Å². The minimum absolute atomic E-state index is 0.136. The third-order valence-electron chi connectivity index (χ3n) is 5.61. The van der Waals surface area contributed by atoms with Crippen LogP contribution in [0.5, 0.6) is 0 Å². The van der Waals surface area contributed by atoms with Crippen LogP contribution < -0.4 is 9.80 Å². The van der Waals surface area contributed by atoms with Gasteiger partial charge in [-0.05, 0) is 7.05 Å². The first kappa shape index (κ1) is 18.7. The van der Waals surface area contributed by atoms with E-state index in [1.165, 1.54) is 0 Å². The van der Waals surface area contributed by atoms with Gasteiger partial charge in [0.15, 0.2) is 0 Å². The largest absolute Gasteiger partial charge is 0.354 e. The zero-order valence-electron chi connectivity index (χ0n) is 16.7. The summed E-state index contributed by atoms with van der Waals surface area (Å²) in [7, 11) is 2.16. The van der Waals surface area contributed by atoms with Crippen molar-refractivity contribution < 1.29 is 4.79 Å². The number of nitrogens with zero attached hydrogens (tertiary/aromatic N) is 6. The van der Waals surface area contributed by atoms with E-state index in [1.54, 1.807) is 6.92 Å². The molecule has 1 aromatic heterocycles. The molecule has 28 heavy (non-hydrogen) atoms. The first-order chi connectivity index (χ1) is 13.6. The van der Waals surface area contributed by atoms with Crippen LogP contribution in [0.3, 0.4) is 0 Å². The number of amides is 1. The third-order valence-corrected chi connectivity index (χ3v) is 5.61. The summed E-state index contributed by atoms with van der Waals surface area (Å²) in [4.78, 5) is 30.2. The molecule has 2 saturated heterocycles. The van der Waals surface area contributed by atoms with Crippen molar-refractivity contribution in [3.63, 3.8) is 0 Å². The molecule has 2 aromatic rings. The lowest BCUT2D eigenvalue weighted by Gasteiger charge is -2.36. The van der Waals surface area contributed by atoms with E-state index in [1.807, 2.05) is 23.1 Å². The molecule has 1 aromatic carbocycles. The number of aromatic nitrogens is 2. The maximum absolute atomic E-state index is 11.6. The van der Waals surface area contributed by atoms with Crippen molar-refractivity contribution in [1.29, 1.82) is 0 Å². The highest BCUT2D eigenvalue weighted by Gasteiger charge is 2.23. The number of benzene rings is 1. The molecule has 0 radical (unpaired) electrons. The Morgan fingerprint density at radius 1 is 0.857 bits per heavy atom. The Bertz CT molecular complexity index is 811. The molecule has 0 spiro atoms. The van der Waals surface area contributed by atoms with E-state index < -0.39 is 0 Å². The monoisotopic (exact) mass is 380 g/mol. The van der Waals surface area contributed by atoms with Crippen LogP contribution in [0, 0.1) is 0 Å². The second-order valence-corrected chi connectivity index (χ2v) is 7.56. The third kappa shape index (κ3) is 4.09. The van der Waals surface area contributed by atoms with Crippen molar-refractivity contribution in [2.75, 3.05) is 69.2 Å². The van der Waals surface area contributed by atoms with E-state index >= 15 is 0 Å². The highest BCUT2D eigenvalue weighted by atomic mass is 16.2. The molecule has 0 saturated carbocycles. The molecule has 1 amide bonds. The lowest BCUT2D eigenvalue weighted by Crippen LogP contribution is -2.49. The van der Waals surface area contributed by atoms with Gasteiger partial charge in [0.1, 0.15) is 5.82 Å². The molecule has 2 aliphatic rings. The molecule has 0 N–H and O–H groups in total. The molecular weight excluding hydrogens is 352 g/mol. The molecule has 0 unspecified atom stereocenters. The number of rotatable bonds is 3. The highest BCUT2D eigenvalue weighted by Crippen LogP contribution is 2.26. The molecule has 2 fully saturated rings. The lowest BCUT2D eigenvalue weighted by molar-refractivity contribution is -0.129. The van der Waals surface area contributed by atoms with E-state index in [0.29, 0.717) is 0 Å². The summed E-state index contributed by atoms with van der Waals surface area (Å²) >= 11 is 0. The molecular formula is C21H28N6O. The van der Waals surface area contributed by atoms with Gasteiger partial charge in [-0.2, -0.15) is 4.98 Å². The normalized spacial score (nSPS) is 18.4. The fourth-order valence-electron chi connectivity index (χ4n) is 3.74. The summed E-state index contributed by atoms with van der Waals surface area (Å²) < 4.78 is 0. The number of carbonyl (C=O) groups is 1. The Morgan fingerprint density at radius 2 is 1.50 bits per heavy atom. The number of carbonyl (C=O) groups excluding carboxylic acids is 1. The Labute approximate surface area is 166 Å². The first-order valence-electron chi connectivity index (χ1n) is 9.98. The van der Waals surface area contributed by atoms with Gasteiger partial charge in [0.05, 0.1) is 5.69 Å². The number of anilines is 2. The predicted molar refractivity (Wildman–Crippen MR) is 112 cm³/mol. The average Bonchev–Trinajstić information content (AvgIpc) is 2.74. The SMILES string of the molecule is CC(=O)N1CCN(c2nc(-c3ccccc3)cc(N3CCN(C)CC3)n2)CC1. The zero-order chi connectivity index (χ0) is 19.5. The van der Waals surface area contributed by atoms with Crippen LogP contribution in [0.15, 0.2) is 36.4 Å². The van der Waals surface area contributed by atoms with Crippen LogP contribution in [-0.2, 0) is 4.79 Å². The molecule has 148 valence electrons. The topological polar surface area (TPSA) is 55.8 Å². The Morgan fingerprint density at radius 3 is 2.14 bits per heavy atom. The van der Waals surface area contributed by atoms with E-state index in [2.05, 4.69) is 39.9 Å². The van der Waals surface area contributed by atoms with E-state index in [4.69, 9.17) is 9.97 Å². The number of likely N-dealkylation sites (N-methyl/N-ethyl adjacent to an activating group) is 1. The molecule has 0 aliphatic carbocycles. The second-order valence-electron chi connectivity index (χ2n) is 7.56. The average molecular weight is 380 g/mol. The van der Waals surface area contributed by atoms with Crippen molar-refractivity contribution in [1.82, 2.24) is 19.8 Å². The van der Waals surface area contributed by atoms with Crippen molar-refractivity contribution in [3.8, 4) is 11.3 Å². The number of hydrogen-bond donors (Lipinski definition) is 0. The van der Waals surface area contributed by atoms with Crippen molar-refractivity contribution in [2.45, 2.75) is 6.92 Å². The standard InChI is InChI=1S/C21H28N6O/c1-17(28)25-12-14-27(15-13-25)21-22-19(18-6-4-3-5-7-18)16-20(23-21)26-10-8-24(2)9-11-26/h3-7,16H,8-15H2,1-2H3. The van der Waals surface area contributed by atoms with Crippen LogP contribution in [0.2, 0.25) is 0 Å². The first-order valence-corrected chi connectivity index (χ1v) is 9.98. The van der Waals surface area contributed by atoms with Crippen molar-refractivity contribution >= 4 is 17.7 Å². The van der Waals surface area contributed by atoms with Crippen LogP contribution in [0.1, 0.15) is 6.92 Å². The summed E-state index contributed by atoms with van der Waals surface area (Å²) in [5.41, 5.74) is 2.05. The number of hydrogen-bond acceptors (Lipinski definition) is 6. The number of piperazine rings is 2. The molecule has 3 heterocycles. The highest BCUT2D eigenvalue weighted by molar-refractivity contribution is 5.73. The smallest absolute Gasteiger partial charge is 0.228 e. The molecule has 0 bridgehead atoms. The summed E-state index contributed by atoms with van der Waals surface area (Å²) in [6, 6.07) is 12.4. The van der Waals surface area contributed by atoms with Crippen LogP contribution in [0.25, 0.3) is 11.3 Å². The minimum atomic E-state index is 0.136. The van der Waals surface area contributed by atoms with Crippen LogP contribution >= 0.6 is 0 Å². The summed E-state index contributed by atoms with van der Waals surface area (Å²) in [5, 5.41) is 0. The van der Waals surface area contributed by atoms with Gasteiger partial charge < -0.3 is 19.6 Å². The molecule has 7 nitrogen and oxygen atoms in total. The van der Waals surface area contributed by atoms with Gasteiger partial charge in [-0.3, -0.25) is 4.79 Å². The molecule has 7 heteroatoms. The fraction of sp³-hybridized carbons (Fsp3) is 0.476. The Balaban J connectivity index is 1.64. The Kier molecular flexibility index (Phi) is 5.43. The van der Waals surface area contributed by atoms with E-state index in [9.17, 15) is 4.79 Å². The second kappa shape index (κ2) is 8.14. The summed E-state index contributed by atoms with van der Waals surface area (Å²) in [6.07, 6.45) is 0. The van der Waals surface area contributed by atoms with Gasteiger partial charge in [-0.1, -0.05) is 30.3 Å². The van der Waals surface area contributed by atoms with Gasteiger partial charge in [0.2, 0.25) is 11.9 Å². The van der Waals surface area contributed by atoms with Gasteiger partial charge in [0, 0.05) is 70.9 Å². The molecule has 0 atom stereocenters. The maximum Gasteiger partial charge on any atom is 0.228 e. The van der Waals surface area contributed by atoms with Crippen molar-refractivity contribution in [3.05, 3.63) is 36.4 Å². The predicted octanol–water partition coefficient (Wildman–Crippen LogP) is 1.56. The maximum atomic E-state index is 11.6. The van der Waals surface area contributed by atoms with Crippen molar-refractivity contribution in [2.24, 2.45) is 0 Å². The van der Waals surface area contributed by atoms with Gasteiger partial charge >= 0.3 is 0 Å². The minimum Gasteiger partial charge on any atom is -0.354 e. The van der Waals surface area contributed by atoms with Crippen LogP contribution in [-0.4, -0.2) is 85.1 Å². The lowest BCUT2D eigenvalue weighted by atomic mass is 10.1. The quantitative estimate of drug-likeness (QED) is 0.806. The van der Waals surface area contributed by atoms with E-state index in [-0.39, 0.29) is 5.91 Å². The van der Waals surface area contributed by atoms with E-state index in [0.717, 1.165) is 75.4 Å². The zero-order valence-corrected chi connectivity index (χ0v) is 16.7. The molecule has 2 aliphatic heterocycles. The Hall–Kier alpha value is -2.67.